The van der Waals surface area contributed by atoms with Gasteiger partial charge in [-0.3, -0.25) is 4.79 Å². The highest BCUT2D eigenvalue weighted by Gasteiger charge is 2.21. The van der Waals surface area contributed by atoms with Gasteiger partial charge >= 0.3 is 5.97 Å². The van der Waals surface area contributed by atoms with Crippen LogP contribution in [0.25, 0.3) is 11.5 Å². The molecule has 0 amide bonds. The molecule has 43 heavy (non-hydrogen) atoms. The molecular weight excluding hydrogens is 544 g/mol. The van der Waals surface area contributed by atoms with Crippen LogP contribution >= 0.6 is 0 Å². The summed E-state index contributed by atoms with van der Waals surface area (Å²) < 4.78 is 17.0. The molecule has 1 aromatic heterocycles. The lowest BCUT2D eigenvalue weighted by molar-refractivity contribution is -0.137. The number of ketones is 1. The molecule has 0 fully saturated rings. The Morgan fingerprint density at radius 1 is 0.884 bits per heavy atom. The number of anilines is 1. The monoisotopic (exact) mass is 576 g/mol. The predicted molar refractivity (Wildman–Crippen MR) is 164 cm³/mol. The van der Waals surface area contributed by atoms with Crippen LogP contribution < -0.4 is 14.8 Å². The second-order valence-corrected chi connectivity index (χ2v) is 9.97. The Kier molecular flexibility index (Phi) is 9.17. The highest BCUT2D eigenvalue weighted by Crippen LogP contribution is 2.25. The van der Waals surface area contributed by atoms with Crippen LogP contribution in [0.1, 0.15) is 32.9 Å². The van der Waals surface area contributed by atoms with Gasteiger partial charge in [0.2, 0.25) is 5.89 Å². The largest absolute Gasteiger partial charge is 0.497 e. The number of rotatable bonds is 13. The Labute approximate surface area is 249 Å². The summed E-state index contributed by atoms with van der Waals surface area (Å²) in [6.45, 7) is 2.29. The fourth-order valence-corrected chi connectivity index (χ4v) is 4.68. The summed E-state index contributed by atoms with van der Waals surface area (Å²) in [7, 11) is 1.62. The first-order valence-corrected chi connectivity index (χ1v) is 13.9. The molecule has 0 saturated carbocycles. The van der Waals surface area contributed by atoms with Gasteiger partial charge in [-0.2, -0.15) is 0 Å². The van der Waals surface area contributed by atoms with E-state index in [9.17, 15) is 14.7 Å². The molecule has 1 atom stereocenters. The molecule has 0 unspecified atom stereocenters. The fourth-order valence-electron chi connectivity index (χ4n) is 4.68. The Morgan fingerprint density at radius 3 is 2.26 bits per heavy atom. The molecule has 5 aromatic rings. The van der Waals surface area contributed by atoms with Crippen molar-refractivity contribution in [2.75, 3.05) is 19.0 Å². The number of oxazole rings is 1. The Hall–Kier alpha value is -5.37. The Morgan fingerprint density at radius 2 is 1.56 bits per heavy atom. The summed E-state index contributed by atoms with van der Waals surface area (Å²) >= 11 is 0. The zero-order valence-corrected chi connectivity index (χ0v) is 23.9. The molecule has 4 aromatic carbocycles. The second kappa shape index (κ2) is 13.5. The number of carbonyl (C=O) groups is 2. The number of para-hydroxylation sites is 1. The number of hydrogen-bond acceptors (Lipinski definition) is 7. The smallest absolute Gasteiger partial charge is 0.326 e. The van der Waals surface area contributed by atoms with Crippen molar-refractivity contribution in [1.29, 1.82) is 0 Å². The first kappa shape index (κ1) is 29.1. The van der Waals surface area contributed by atoms with Crippen molar-refractivity contribution in [2.45, 2.75) is 25.8 Å². The van der Waals surface area contributed by atoms with Crippen LogP contribution in [0.4, 0.5) is 5.69 Å². The van der Waals surface area contributed by atoms with Gasteiger partial charge in [0, 0.05) is 35.2 Å². The number of carbonyl (C=O) groups excluding carboxylic acids is 1. The van der Waals surface area contributed by atoms with E-state index in [-0.39, 0.29) is 12.2 Å². The third-order valence-electron chi connectivity index (χ3n) is 7.04. The number of carboxylic acids is 1. The first-order valence-electron chi connectivity index (χ1n) is 13.9. The first-order chi connectivity index (χ1) is 20.9. The van der Waals surface area contributed by atoms with Gasteiger partial charge < -0.3 is 24.3 Å². The molecular formula is C35H32N2O6. The van der Waals surface area contributed by atoms with E-state index in [1.54, 1.807) is 55.6 Å². The number of nitrogens with zero attached hydrogens (tertiary/aromatic N) is 1. The summed E-state index contributed by atoms with van der Waals surface area (Å²) in [6.07, 6.45) is 0.787. The molecule has 0 radical (unpaired) electrons. The molecule has 2 N–H and O–H groups in total. The minimum absolute atomic E-state index is 0.174. The van der Waals surface area contributed by atoms with E-state index >= 15 is 0 Å². The molecule has 0 bridgehead atoms. The number of methoxy groups -OCH3 is 1. The van der Waals surface area contributed by atoms with Crippen LogP contribution in [0.3, 0.4) is 0 Å². The van der Waals surface area contributed by atoms with Crippen molar-refractivity contribution in [3.8, 4) is 23.0 Å². The molecule has 8 heteroatoms. The Balaban J connectivity index is 1.18. The molecule has 0 saturated heterocycles. The molecule has 8 nitrogen and oxygen atoms in total. The minimum Gasteiger partial charge on any atom is -0.497 e. The fraction of sp³-hybridized carbons (Fsp3) is 0.171. The summed E-state index contributed by atoms with van der Waals surface area (Å²) in [5.41, 5.74) is 3.94. The standard InChI is InChI=1S/C35H32N2O6/c1-23-30(37-34(43-23)26-14-18-27(41-2)19-15-26)20-21-42-28-16-12-24(13-17-28)22-32(35(39)40)36-31-11-7-6-10-29(31)33(38)25-8-4-3-5-9-25/h3-19,32,36H,20-22H2,1-2H3,(H,39,40)/t32-/m0/s1. The molecule has 218 valence electrons. The van der Waals surface area contributed by atoms with E-state index in [1.165, 1.54) is 0 Å². The number of carboxylic acid groups (broad SMARTS) is 1. The van der Waals surface area contributed by atoms with Gasteiger partial charge in [-0.1, -0.05) is 54.6 Å². The molecule has 0 spiro atoms. The van der Waals surface area contributed by atoms with Crippen molar-refractivity contribution >= 4 is 17.4 Å². The molecule has 0 aliphatic rings. The van der Waals surface area contributed by atoms with Crippen molar-refractivity contribution in [3.05, 3.63) is 131 Å². The maximum atomic E-state index is 13.1. The van der Waals surface area contributed by atoms with E-state index in [0.29, 0.717) is 41.5 Å². The van der Waals surface area contributed by atoms with Crippen molar-refractivity contribution in [3.63, 3.8) is 0 Å². The lowest BCUT2D eigenvalue weighted by Crippen LogP contribution is -2.32. The molecule has 1 heterocycles. The van der Waals surface area contributed by atoms with Crippen LogP contribution in [-0.2, 0) is 17.6 Å². The average molecular weight is 577 g/mol. The molecule has 0 aliphatic carbocycles. The number of hydrogen-bond donors (Lipinski definition) is 2. The van der Waals surface area contributed by atoms with Crippen LogP contribution in [0.15, 0.2) is 108 Å². The zero-order chi connectivity index (χ0) is 30.2. The van der Waals surface area contributed by atoms with E-state index in [1.807, 2.05) is 61.5 Å². The lowest BCUT2D eigenvalue weighted by Gasteiger charge is -2.18. The third kappa shape index (κ3) is 7.29. The number of ether oxygens (including phenoxy) is 2. The average Bonchev–Trinajstić information content (AvgIpc) is 3.41. The van der Waals surface area contributed by atoms with Gasteiger partial charge in [-0.05, 0) is 61.0 Å². The van der Waals surface area contributed by atoms with Crippen molar-refractivity contribution < 1.29 is 28.6 Å². The van der Waals surface area contributed by atoms with E-state index in [0.717, 1.165) is 28.3 Å². The van der Waals surface area contributed by atoms with Crippen LogP contribution in [0.2, 0.25) is 0 Å². The van der Waals surface area contributed by atoms with Crippen LogP contribution in [0, 0.1) is 6.92 Å². The molecule has 5 rings (SSSR count). The van der Waals surface area contributed by atoms with Gasteiger partial charge in [0.25, 0.3) is 0 Å². The second-order valence-electron chi connectivity index (χ2n) is 9.97. The minimum atomic E-state index is -1.01. The van der Waals surface area contributed by atoms with Gasteiger partial charge in [0.05, 0.1) is 19.4 Å². The topological polar surface area (TPSA) is 111 Å². The summed E-state index contributed by atoms with van der Waals surface area (Å²) in [5.74, 6) is 1.53. The Bertz CT molecular complexity index is 1680. The van der Waals surface area contributed by atoms with Crippen LogP contribution in [0.5, 0.6) is 11.5 Å². The SMILES string of the molecule is COc1ccc(-c2nc(CCOc3ccc(C[C@H](Nc4ccccc4C(=O)c4ccccc4)C(=O)O)cc3)c(C)o2)cc1. The molecule has 0 aliphatic heterocycles. The number of aromatic nitrogens is 1. The number of nitrogens with one attached hydrogen (secondary N) is 1. The quantitative estimate of drug-likeness (QED) is 0.151. The number of benzene rings is 4. The van der Waals surface area contributed by atoms with Crippen LogP contribution in [-0.4, -0.2) is 41.6 Å². The van der Waals surface area contributed by atoms with Gasteiger partial charge in [-0.25, -0.2) is 9.78 Å². The summed E-state index contributed by atoms with van der Waals surface area (Å²) in [6, 6.07) is 29.8. The number of aliphatic carboxylic acids is 1. The van der Waals surface area contributed by atoms with Gasteiger partial charge in [-0.15, -0.1) is 0 Å². The van der Waals surface area contributed by atoms with Crippen molar-refractivity contribution in [1.82, 2.24) is 4.98 Å². The maximum absolute atomic E-state index is 13.1. The van der Waals surface area contributed by atoms with E-state index in [2.05, 4.69) is 10.3 Å². The van der Waals surface area contributed by atoms with Gasteiger partial charge in [0.1, 0.15) is 23.3 Å². The maximum Gasteiger partial charge on any atom is 0.326 e. The third-order valence-corrected chi connectivity index (χ3v) is 7.04. The highest BCUT2D eigenvalue weighted by molar-refractivity contribution is 6.12. The number of aryl methyl sites for hydroxylation is 1. The van der Waals surface area contributed by atoms with Crippen molar-refractivity contribution in [2.24, 2.45) is 0 Å². The van der Waals surface area contributed by atoms with E-state index in [4.69, 9.17) is 13.9 Å². The highest BCUT2D eigenvalue weighted by atomic mass is 16.5. The zero-order valence-electron chi connectivity index (χ0n) is 23.9. The summed E-state index contributed by atoms with van der Waals surface area (Å²) in [5, 5.41) is 13.0. The van der Waals surface area contributed by atoms with Gasteiger partial charge in [0.15, 0.2) is 5.78 Å². The normalized spacial score (nSPS) is 11.5. The predicted octanol–water partition coefficient (Wildman–Crippen LogP) is 6.62. The van der Waals surface area contributed by atoms with E-state index < -0.39 is 12.0 Å². The lowest BCUT2D eigenvalue weighted by atomic mass is 10.00. The summed E-state index contributed by atoms with van der Waals surface area (Å²) in [4.78, 5) is 29.9.